The third-order valence-electron chi connectivity index (χ3n) is 3.03. The Kier molecular flexibility index (Phi) is 3.28. The minimum absolute atomic E-state index is 0.386. The highest BCUT2D eigenvalue weighted by Gasteiger charge is 2.13. The van der Waals surface area contributed by atoms with Crippen molar-refractivity contribution in [2.45, 2.75) is 0 Å². The molecule has 0 amide bonds. The summed E-state index contributed by atoms with van der Waals surface area (Å²) in [6.45, 7) is 0. The van der Waals surface area contributed by atoms with Gasteiger partial charge < -0.3 is 9.14 Å². The van der Waals surface area contributed by atoms with E-state index in [9.17, 15) is 4.79 Å². The summed E-state index contributed by atoms with van der Waals surface area (Å²) in [6, 6.07) is 11.4. The molecule has 0 aliphatic carbocycles. The highest BCUT2D eigenvalue weighted by molar-refractivity contribution is 9.10. The lowest BCUT2D eigenvalue weighted by molar-refractivity contribution is 0.0602. The molecule has 3 rings (SSSR count). The van der Waals surface area contributed by atoms with Crippen molar-refractivity contribution in [3.05, 3.63) is 58.8 Å². The number of benzene rings is 1. The summed E-state index contributed by atoms with van der Waals surface area (Å²) in [5.74, 6) is -0.386. The van der Waals surface area contributed by atoms with Gasteiger partial charge in [-0.2, -0.15) is 0 Å². The molecule has 0 aliphatic heterocycles. The van der Waals surface area contributed by atoms with Gasteiger partial charge in [-0.05, 0) is 24.3 Å². The van der Waals surface area contributed by atoms with E-state index in [-0.39, 0.29) is 5.97 Å². The molecule has 0 aliphatic rings. The number of methoxy groups -OCH3 is 1. The van der Waals surface area contributed by atoms with Gasteiger partial charge in [0.15, 0.2) is 5.65 Å². The van der Waals surface area contributed by atoms with E-state index in [1.54, 1.807) is 12.1 Å². The fourth-order valence-corrected chi connectivity index (χ4v) is 2.31. The molecule has 2 heterocycles. The Morgan fingerprint density at radius 3 is 2.70 bits per heavy atom. The topological polar surface area (TPSA) is 43.6 Å². The number of halogens is 1. The van der Waals surface area contributed by atoms with E-state index in [0.29, 0.717) is 11.2 Å². The lowest BCUT2D eigenvalue weighted by atomic mass is 10.2. The summed E-state index contributed by atoms with van der Waals surface area (Å²) < 4.78 is 7.61. The minimum atomic E-state index is -0.386. The Morgan fingerprint density at radius 2 is 2.00 bits per heavy atom. The Bertz CT molecular complexity index is 778. The first-order chi connectivity index (χ1) is 9.69. The highest BCUT2D eigenvalue weighted by atomic mass is 79.9. The van der Waals surface area contributed by atoms with Crippen molar-refractivity contribution in [2.24, 2.45) is 0 Å². The van der Waals surface area contributed by atoms with Crippen molar-refractivity contribution in [1.29, 1.82) is 0 Å². The smallest absolute Gasteiger partial charge is 0.341 e. The second kappa shape index (κ2) is 5.09. The molecular formula is C15H11BrN2O2. The first-order valence-electron chi connectivity index (χ1n) is 6.01. The molecule has 1 aromatic carbocycles. The molecule has 0 saturated heterocycles. The van der Waals surface area contributed by atoms with Crippen LogP contribution in [0.25, 0.3) is 16.9 Å². The molecule has 0 fully saturated rings. The first kappa shape index (κ1) is 12.9. The van der Waals surface area contributed by atoms with Gasteiger partial charge >= 0.3 is 5.97 Å². The number of rotatable bonds is 2. The summed E-state index contributed by atoms with van der Waals surface area (Å²) in [7, 11) is 1.37. The molecule has 0 spiro atoms. The molecule has 3 aromatic rings. The number of fused-ring (bicyclic) bond motifs is 1. The summed E-state index contributed by atoms with van der Waals surface area (Å²) in [4.78, 5) is 16.3. The van der Waals surface area contributed by atoms with E-state index in [1.165, 1.54) is 7.11 Å². The molecule has 20 heavy (non-hydrogen) atoms. The van der Waals surface area contributed by atoms with Crippen molar-refractivity contribution in [3.8, 4) is 11.3 Å². The van der Waals surface area contributed by atoms with Crippen LogP contribution in [-0.4, -0.2) is 22.5 Å². The molecule has 0 atom stereocenters. The summed E-state index contributed by atoms with van der Waals surface area (Å²) in [5.41, 5.74) is 2.86. The van der Waals surface area contributed by atoms with Crippen LogP contribution >= 0.6 is 15.9 Å². The molecule has 0 N–H and O–H groups in total. The van der Waals surface area contributed by atoms with Gasteiger partial charge in [0.05, 0.1) is 12.8 Å². The fourth-order valence-electron chi connectivity index (χ4n) is 2.04. The predicted octanol–water partition coefficient (Wildman–Crippen LogP) is 3.55. The van der Waals surface area contributed by atoms with Crippen LogP contribution < -0.4 is 0 Å². The summed E-state index contributed by atoms with van der Waals surface area (Å²) >= 11 is 3.41. The maximum atomic E-state index is 11.7. The quantitative estimate of drug-likeness (QED) is 0.675. The largest absolute Gasteiger partial charge is 0.465 e. The van der Waals surface area contributed by atoms with Crippen LogP contribution in [0.2, 0.25) is 0 Å². The van der Waals surface area contributed by atoms with Crippen LogP contribution in [0.1, 0.15) is 10.4 Å². The number of hydrogen-bond acceptors (Lipinski definition) is 3. The lowest BCUT2D eigenvalue weighted by Crippen LogP contribution is -2.03. The number of carbonyl (C=O) groups is 1. The van der Waals surface area contributed by atoms with Crippen LogP contribution in [0.5, 0.6) is 0 Å². The fraction of sp³-hybridized carbons (Fsp3) is 0.0667. The second-order valence-corrected chi connectivity index (χ2v) is 5.19. The van der Waals surface area contributed by atoms with Crippen molar-refractivity contribution in [2.75, 3.05) is 7.11 Å². The average molecular weight is 331 g/mol. The van der Waals surface area contributed by atoms with Gasteiger partial charge in [0.2, 0.25) is 0 Å². The summed E-state index contributed by atoms with van der Waals surface area (Å²) in [6.07, 6.45) is 3.75. The van der Waals surface area contributed by atoms with Gasteiger partial charge in [-0.15, -0.1) is 0 Å². The van der Waals surface area contributed by atoms with Gasteiger partial charge in [-0.25, -0.2) is 9.78 Å². The number of nitrogens with zero attached hydrogens (tertiary/aromatic N) is 2. The summed E-state index contributed by atoms with van der Waals surface area (Å²) in [5, 5.41) is 0. The van der Waals surface area contributed by atoms with Gasteiger partial charge in [0.25, 0.3) is 0 Å². The standard InChI is InChI=1S/C15H11BrN2O2/c1-20-15(19)12-3-2-8-18-9-13(17-14(12)18)10-4-6-11(16)7-5-10/h2-9H,1H3. The van der Waals surface area contributed by atoms with Gasteiger partial charge in [0.1, 0.15) is 5.56 Å². The SMILES string of the molecule is COC(=O)c1cccn2cc(-c3ccc(Br)cc3)nc12. The number of carbonyl (C=O) groups excluding carboxylic acids is 1. The van der Waals surface area contributed by atoms with E-state index in [2.05, 4.69) is 20.9 Å². The zero-order chi connectivity index (χ0) is 14.1. The molecule has 100 valence electrons. The number of imidazole rings is 1. The van der Waals surface area contributed by atoms with Crippen molar-refractivity contribution < 1.29 is 9.53 Å². The molecule has 0 radical (unpaired) electrons. The molecule has 0 saturated carbocycles. The molecule has 0 unspecified atom stereocenters. The van der Waals surface area contributed by atoms with Gasteiger partial charge in [-0.3, -0.25) is 0 Å². The number of esters is 1. The van der Waals surface area contributed by atoms with Crippen LogP contribution in [0.3, 0.4) is 0 Å². The van der Waals surface area contributed by atoms with Crippen LogP contribution in [-0.2, 0) is 4.74 Å². The lowest BCUT2D eigenvalue weighted by Gasteiger charge is -2.00. The van der Waals surface area contributed by atoms with Crippen molar-refractivity contribution in [1.82, 2.24) is 9.38 Å². The minimum Gasteiger partial charge on any atom is -0.465 e. The third kappa shape index (κ3) is 2.20. The molecule has 5 heteroatoms. The van der Waals surface area contributed by atoms with Crippen molar-refractivity contribution in [3.63, 3.8) is 0 Å². The number of ether oxygens (including phenoxy) is 1. The molecule has 0 bridgehead atoms. The highest BCUT2D eigenvalue weighted by Crippen LogP contribution is 2.22. The third-order valence-corrected chi connectivity index (χ3v) is 3.56. The van der Waals surface area contributed by atoms with Gasteiger partial charge in [0, 0.05) is 22.4 Å². The number of aromatic nitrogens is 2. The van der Waals surface area contributed by atoms with E-state index in [1.807, 2.05) is 41.1 Å². The number of hydrogen-bond donors (Lipinski definition) is 0. The Hall–Kier alpha value is -2.14. The average Bonchev–Trinajstić information content (AvgIpc) is 2.91. The Balaban J connectivity index is 2.15. The second-order valence-electron chi connectivity index (χ2n) is 4.28. The van der Waals surface area contributed by atoms with Crippen LogP contribution in [0, 0.1) is 0 Å². The van der Waals surface area contributed by atoms with Crippen LogP contribution in [0.4, 0.5) is 0 Å². The molecule has 2 aromatic heterocycles. The van der Waals surface area contributed by atoms with Gasteiger partial charge in [-0.1, -0.05) is 28.1 Å². The molecule has 4 nitrogen and oxygen atoms in total. The van der Waals surface area contributed by atoms with E-state index in [4.69, 9.17) is 4.74 Å². The van der Waals surface area contributed by atoms with Crippen LogP contribution in [0.15, 0.2) is 53.3 Å². The van der Waals surface area contributed by atoms with E-state index in [0.717, 1.165) is 15.7 Å². The van der Waals surface area contributed by atoms with Crippen molar-refractivity contribution >= 4 is 27.5 Å². The molecular weight excluding hydrogens is 320 g/mol. The number of pyridine rings is 1. The Labute approximate surface area is 124 Å². The predicted molar refractivity (Wildman–Crippen MR) is 79.7 cm³/mol. The zero-order valence-electron chi connectivity index (χ0n) is 10.7. The monoisotopic (exact) mass is 330 g/mol. The maximum absolute atomic E-state index is 11.7. The Morgan fingerprint density at radius 1 is 1.25 bits per heavy atom. The maximum Gasteiger partial charge on any atom is 0.341 e. The van der Waals surface area contributed by atoms with E-state index >= 15 is 0 Å². The normalized spacial score (nSPS) is 10.7. The first-order valence-corrected chi connectivity index (χ1v) is 6.80. The van der Waals surface area contributed by atoms with E-state index < -0.39 is 0 Å². The zero-order valence-corrected chi connectivity index (χ0v) is 12.3.